The van der Waals surface area contributed by atoms with Gasteiger partial charge < -0.3 is 9.73 Å². The lowest BCUT2D eigenvalue weighted by Crippen LogP contribution is -2.39. The van der Waals surface area contributed by atoms with Crippen LogP contribution in [-0.2, 0) is 4.79 Å². The maximum Gasteiger partial charge on any atom is 0.233 e. The average Bonchev–Trinajstić information content (AvgIpc) is 3.11. The standard InChI is InChI=1S/C14H21BrN2O2/c1-2-11(15)14(18)16-10-12(13-6-5-9-19-13)17-7-3-4-8-17/h5-6,9,11-12H,2-4,7-8,10H2,1H3,(H,16,18). The quantitative estimate of drug-likeness (QED) is 0.816. The molecule has 1 aromatic rings. The minimum atomic E-state index is -0.108. The van der Waals surface area contributed by atoms with Crippen LogP contribution in [0.25, 0.3) is 0 Å². The van der Waals surface area contributed by atoms with E-state index in [0.29, 0.717) is 6.54 Å². The van der Waals surface area contributed by atoms with E-state index in [0.717, 1.165) is 25.3 Å². The second-order valence-electron chi connectivity index (χ2n) is 4.90. The fourth-order valence-corrected chi connectivity index (χ4v) is 2.60. The van der Waals surface area contributed by atoms with E-state index in [9.17, 15) is 4.79 Å². The van der Waals surface area contributed by atoms with Crippen molar-refractivity contribution in [1.29, 1.82) is 0 Å². The molecule has 0 saturated carbocycles. The molecule has 2 atom stereocenters. The normalized spacial score (nSPS) is 19.3. The summed E-state index contributed by atoms with van der Waals surface area (Å²) < 4.78 is 5.52. The molecule has 2 heterocycles. The zero-order chi connectivity index (χ0) is 13.7. The largest absolute Gasteiger partial charge is 0.468 e. The third kappa shape index (κ3) is 3.83. The molecule has 4 nitrogen and oxygen atoms in total. The Kier molecular flexibility index (Phi) is 5.45. The van der Waals surface area contributed by atoms with Gasteiger partial charge in [0.15, 0.2) is 0 Å². The minimum Gasteiger partial charge on any atom is -0.468 e. The number of halogens is 1. The van der Waals surface area contributed by atoms with E-state index in [1.807, 2.05) is 19.1 Å². The number of likely N-dealkylation sites (tertiary alicyclic amines) is 1. The van der Waals surface area contributed by atoms with Crippen molar-refractivity contribution in [2.45, 2.75) is 37.1 Å². The van der Waals surface area contributed by atoms with Crippen LogP contribution in [0.2, 0.25) is 0 Å². The molecular weight excluding hydrogens is 308 g/mol. The number of nitrogens with zero attached hydrogens (tertiary/aromatic N) is 1. The first-order valence-electron chi connectivity index (χ1n) is 6.91. The summed E-state index contributed by atoms with van der Waals surface area (Å²) in [6.45, 7) is 4.75. The summed E-state index contributed by atoms with van der Waals surface area (Å²) in [5.74, 6) is 0.989. The molecule has 0 spiro atoms. The summed E-state index contributed by atoms with van der Waals surface area (Å²) in [5.41, 5.74) is 0. The maximum absolute atomic E-state index is 11.9. The first-order valence-corrected chi connectivity index (χ1v) is 7.83. The van der Waals surface area contributed by atoms with E-state index >= 15 is 0 Å². The fourth-order valence-electron chi connectivity index (χ4n) is 2.44. The van der Waals surface area contributed by atoms with Gasteiger partial charge in [-0.2, -0.15) is 0 Å². The second kappa shape index (κ2) is 7.10. The summed E-state index contributed by atoms with van der Waals surface area (Å²) in [5, 5.41) is 3.01. The van der Waals surface area contributed by atoms with Crippen LogP contribution in [0, 0.1) is 0 Å². The SMILES string of the molecule is CCC(Br)C(=O)NCC(c1ccco1)N1CCCC1. The zero-order valence-electron chi connectivity index (χ0n) is 11.3. The van der Waals surface area contributed by atoms with Crippen molar-refractivity contribution in [3.8, 4) is 0 Å². The predicted octanol–water partition coefficient (Wildman–Crippen LogP) is 2.71. The van der Waals surface area contributed by atoms with Crippen LogP contribution in [0.15, 0.2) is 22.8 Å². The molecule has 1 N–H and O–H groups in total. The Morgan fingerprint density at radius 3 is 2.84 bits per heavy atom. The molecular formula is C14H21BrN2O2. The lowest BCUT2D eigenvalue weighted by atomic mass is 10.2. The van der Waals surface area contributed by atoms with Crippen LogP contribution in [0.4, 0.5) is 0 Å². The van der Waals surface area contributed by atoms with Gasteiger partial charge in [-0.3, -0.25) is 9.69 Å². The van der Waals surface area contributed by atoms with Crippen LogP contribution in [0.3, 0.4) is 0 Å². The Morgan fingerprint density at radius 1 is 1.53 bits per heavy atom. The predicted molar refractivity (Wildman–Crippen MR) is 78.3 cm³/mol. The Labute approximate surface area is 122 Å². The van der Waals surface area contributed by atoms with Gasteiger partial charge in [0, 0.05) is 6.54 Å². The highest BCUT2D eigenvalue weighted by molar-refractivity contribution is 9.10. The van der Waals surface area contributed by atoms with Crippen LogP contribution in [0.5, 0.6) is 0 Å². The third-order valence-electron chi connectivity index (χ3n) is 3.57. The van der Waals surface area contributed by atoms with E-state index in [4.69, 9.17) is 4.42 Å². The molecule has 2 unspecified atom stereocenters. The number of hydrogen-bond donors (Lipinski definition) is 1. The van der Waals surface area contributed by atoms with Crippen LogP contribution >= 0.6 is 15.9 Å². The number of alkyl halides is 1. The van der Waals surface area contributed by atoms with Crippen LogP contribution in [0.1, 0.15) is 38.0 Å². The molecule has 1 amide bonds. The van der Waals surface area contributed by atoms with Gasteiger partial charge in [0.2, 0.25) is 5.91 Å². The zero-order valence-corrected chi connectivity index (χ0v) is 12.9. The average molecular weight is 329 g/mol. The van der Waals surface area contributed by atoms with Crippen molar-refractivity contribution in [2.24, 2.45) is 0 Å². The van der Waals surface area contributed by atoms with Gasteiger partial charge in [-0.25, -0.2) is 0 Å². The molecule has 0 aromatic carbocycles. The summed E-state index contributed by atoms with van der Waals surface area (Å²) in [6, 6.07) is 4.04. The molecule has 1 aromatic heterocycles. The summed E-state index contributed by atoms with van der Waals surface area (Å²) in [4.78, 5) is 14.1. The molecule has 19 heavy (non-hydrogen) atoms. The Bertz CT molecular complexity index is 388. The van der Waals surface area contributed by atoms with Gasteiger partial charge in [0.25, 0.3) is 0 Å². The van der Waals surface area contributed by atoms with Crippen molar-refractivity contribution < 1.29 is 9.21 Å². The van der Waals surface area contributed by atoms with Gasteiger partial charge >= 0.3 is 0 Å². The minimum absolute atomic E-state index is 0.0539. The van der Waals surface area contributed by atoms with Gasteiger partial charge in [-0.05, 0) is 44.5 Å². The molecule has 5 heteroatoms. The summed E-state index contributed by atoms with van der Waals surface area (Å²) >= 11 is 3.38. The number of furan rings is 1. The van der Waals surface area contributed by atoms with Crippen molar-refractivity contribution in [3.63, 3.8) is 0 Å². The lowest BCUT2D eigenvalue weighted by molar-refractivity contribution is -0.120. The van der Waals surface area contributed by atoms with E-state index in [2.05, 4.69) is 26.1 Å². The van der Waals surface area contributed by atoms with Crippen LogP contribution < -0.4 is 5.32 Å². The Balaban J connectivity index is 1.96. The van der Waals surface area contributed by atoms with Gasteiger partial charge in [-0.15, -0.1) is 0 Å². The first-order chi connectivity index (χ1) is 9.22. The smallest absolute Gasteiger partial charge is 0.233 e. The lowest BCUT2D eigenvalue weighted by Gasteiger charge is -2.26. The van der Waals surface area contributed by atoms with E-state index in [1.165, 1.54) is 12.8 Å². The monoisotopic (exact) mass is 328 g/mol. The fraction of sp³-hybridized carbons (Fsp3) is 0.643. The van der Waals surface area contributed by atoms with Gasteiger partial charge in [-0.1, -0.05) is 22.9 Å². The van der Waals surface area contributed by atoms with Crippen molar-refractivity contribution >= 4 is 21.8 Å². The number of hydrogen-bond acceptors (Lipinski definition) is 3. The molecule has 1 fully saturated rings. The Morgan fingerprint density at radius 2 is 2.26 bits per heavy atom. The topological polar surface area (TPSA) is 45.5 Å². The number of carbonyl (C=O) groups is 1. The van der Waals surface area contributed by atoms with Crippen molar-refractivity contribution in [1.82, 2.24) is 10.2 Å². The third-order valence-corrected chi connectivity index (χ3v) is 4.63. The van der Waals surface area contributed by atoms with Crippen molar-refractivity contribution in [2.75, 3.05) is 19.6 Å². The van der Waals surface area contributed by atoms with Gasteiger partial charge in [0.1, 0.15) is 5.76 Å². The molecule has 1 saturated heterocycles. The number of carbonyl (C=O) groups excluding carboxylic acids is 1. The molecule has 2 rings (SSSR count). The molecule has 1 aliphatic heterocycles. The molecule has 0 aliphatic carbocycles. The summed E-state index contributed by atoms with van der Waals surface area (Å²) in [6.07, 6.45) is 4.93. The highest BCUT2D eigenvalue weighted by atomic mass is 79.9. The number of amides is 1. The first kappa shape index (κ1) is 14.6. The highest BCUT2D eigenvalue weighted by Crippen LogP contribution is 2.25. The van der Waals surface area contributed by atoms with E-state index in [-0.39, 0.29) is 16.8 Å². The molecule has 1 aliphatic rings. The molecule has 106 valence electrons. The van der Waals surface area contributed by atoms with E-state index < -0.39 is 0 Å². The maximum atomic E-state index is 11.9. The molecule has 0 bridgehead atoms. The second-order valence-corrected chi connectivity index (χ2v) is 6.00. The highest BCUT2D eigenvalue weighted by Gasteiger charge is 2.26. The van der Waals surface area contributed by atoms with Gasteiger partial charge in [0.05, 0.1) is 17.1 Å². The van der Waals surface area contributed by atoms with Crippen LogP contribution in [-0.4, -0.2) is 35.3 Å². The number of nitrogens with one attached hydrogen (secondary N) is 1. The molecule has 0 radical (unpaired) electrons. The number of rotatable bonds is 6. The van der Waals surface area contributed by atoms with E-state index in [1.54, 1.807) is 6.26 Å². The summed E-state index contributed by atoms with van der Waals surface area (Å²) in [7, 11) is 0. The van der Waals surface area contributed by atoms with Crippen molar-refractivity contribution in [3.05, 3.63) is 24.2 Å². The Hall–Kier alpha value is -0.810.